The van der Waals surface area contributed by atoms with Gasteiger partial charge in [0.25, 0.3) is 0 Å². The van der Waals surface area contributed by atoms with Crippen LogP contribution in [0.15, 0.2) is 30.3 Å². The van der Waals surface area contributed by atoms with E-state index >= 15 is 0 Å². The van der Waals surface area contributed by atoms with E-state index < -0.39 is 0 Å². The Labute approximate surface area is 129 Å². The quantitative estimate of drug-likeness (QED) is 0.854. The van der Waals surface area contributed by atoms with Gasteiger partial charge in [0.2, 0.25) is 0 Å². The molecule has 1 N–H and O–H groups in total. The first-order valence-corrected chi connectivity index (χ1v) is 8.68. The fraction of sp³-hybridized carbons (Fsp3) is 0.684. The zero-order valence-corrected chi connectivity index (χ0v) is 13.6. The molecule has 0 radical (unpaired) electrons. The smallest absolute Gasteiger partial charge is 0.0451 e. The maximum absolute atomic E-state index is 3.97. The van der Waals surface area contributed by atoms with Crippen molar-refractivity contribution >= 4 is 0 Å². The van der Waals surface area contributed by atoms with Crippen LogP contribution in [0.3, 0.4) is 0 Å². The van der Waals surface area contributed by atoms with Gasteiger partial charge in [0.1, 0.15) is 0 Å². The van der Waals surface area contributed by atoms with Crippen LogP contribution >= 0.6 is 0 Å². The fourth-order valence-corrected chi connectivity index (χ4v) is 3.96. The summed E-state index contributed by atoms with van der Waals surface area (Å²) in [7, 11) is 4.34. The second kappa shape index (κ2) is 6.93. The maximum Gasteiger partial charge on any atom is 0.0451 e. The Morgan fingerprint density at radius 2 is 1.81 bits per heavy atom. The van der Waals surface area contributed by atoms with Crippen molar-refractivity contribution in [1.82, 2.24) is 10.2 Å². The lowest BCUT2D eigenvalue weighted by atomic mass is 9.82. The van der Waals surface area contributed by atoms with E-state index in [1.54, 1.807) is 0 Å². The van der Waals surface area contributed by atoms with Crippen molar-refractivity contribution in [3.8, 4) is 0 Å². The van der Waals surface area contributed by atoms with E-state index in [4.69, 9.17) is 0 Å². The molecule has 21 heavy (non-hydrogen) atoms. The minimum absolute atomic E-state index is 0.462. The van der Waals surface area contributed by atoms with E-state index in [1.807, 2.05) is 0 Å². The first kappa shape index (κ1) is 15.1. The summed E-state index contributed by atoms with van der Waals surface area (Å²) >= 11 is 0. The minimum Gasteiger partial charge on any atom is -0.308 e. The van der Waals surface area contributed by atoms with Crippen LogP contribution in [0.25, 0.3) is 0 Å². The first-order chi connectivity index (χ1) is 10.2. The van der Waals surface area contributed by atoms with Gasteiger partial charge in [-0.3, -0.25) is 0 Å². The molecule has 2 heteroatoms. The minimum atomic E-state index is 0.462. The van der Waals surface area contributed by atoms with Crippen LogP contribution in [0.5, 0.6) is 0 Å². The summed E-state index contributed by atoms with van der Waals surface area (Å²) in [5.41, 5.74) is 1.43. The van der Waals surface area contributed by atoms with Gasteiger partial charge < -0.3 is 10.2 Å². The largest absolute Gasteiger partial charge is 0.308 e. The lowest BCUT2D eigenvalue weighted by molar-refractivity contribution is 0.230. The molecule has 0 bridgehead atoms. The van der Waals surface area contributed by atoms with Crippen molar-refractivity contribution < 1.29 is 0 Å². The predicted octanol–water partition coefficient (Wildman–Crippen LogP) is 3.85. The van der Waals surface area contributed by atoms with E-state index in [0.29, 0.717) is 6.04 Å². The number of benzene rings is 1. The van der Waals surface area contributed by atoms with E-state index in [2.05, 4.69) is 54.6 Å². The number of hydrogen-bond acceptors (Lipinski definition) is 2. The normalized spacial score (nSPS) is 27.8. The monoisotopic (exact) mass is 286 g/mol. The summed E-state index contributed by atoms with van der Waals surface area (Å²) in [5.74, 6) is 2.07. The third kappa shape index (κ3) is 4.31. The molecule has 3 rings (SSSR count). The Balaban J connectivity index is 1.63. The van der Waals surface area contributed by atoms with Crippen LogP contribution in [0.4, 0.5) is 0 Å². The summed E-state index contributed by atoms with van der Waals surface area (Å²) in [6.45, 7) is 1.08. The molecule has 116 valence electrons. The number of nitrogens with one attached hydrogen (secondary N) is 1. The van der Waals surface area contributed by atoms with Gasteiger partial charge in [-0.15, -0.1) is 0 Å². The summed E-state index contributed by atoms with van der Waals surface area (Å²) in [4.78, 5) is 2.30. The highest BCUT2D eigenvalue weighted by Gasteiger charge is 2.35. The van der Waals surface area contributed by atoms with Gasteiger partial charge in [-0.1, -0.05) is 43.2 Å². The third-order valence-corrected chi connectivity index (χ3v) is 5.19. The van der Waals surface area contributed by atoms with Gasteiger partial charge in [0, 0.05) is 18.6 Å². The molecular formula is C19H30N2. The van der Waals surface area contributed by atoms with Gasteiger partial charge in [-0.2, -0.15) is 0 Å². The van der Waals surface area contributed by atoms with Gasteiger partial charge in [-0.25, -0.2) is 0 Å². The number of hydrogen-bond donors (Lipinski definition) is 1. The molecule has 0 saturated heterocycles. The van der Waals surface area contributed by atoms with Crippen molar-refractivity contribution in [3.63, 3.8) is 0 Å². The molecule has 2 saturated carbocycles. The van der Waals surface area contributed by atoms with Crippen molar-refractivity contribution in [1.29, 1.82) is 0 Å². The Morgan fingerprint density at radius 3 is 2.48 bits per heavy atom. The molecule has 1 aromatic rings. The highest BCUT2D eigenvalue weighted by Crippen LogP contribution is 2.44. The van der Waals surface area contributed by atoms with Gasteiger partial charge in [0.15, 0.2) is 0 Å². The second-order valence-electron chi connectivity index (χ2n) is 7.35. The van der Waals surface area contributed by atoms with Crippen LogP contribution in [-0.4, -0.2) is 31.6 Å². The first-order valence-electron chi connectivity index (χ1n) is 8.68. The van der Waals surface area contributed by atoms with Gasteiger partial charge in [0.05, 0.1) is 0 Å². The molecule has 0 aromatic heterocycles. The number of nitrogens with zero attached hydrogens (tertiary/aromatic N) is 1. The molecule has 0 heterocycles. The maximum atomic E-state index is 3.97. The molecule has 2 aliphatic carbocycles. The average molecular weight is 286 g/mol. The average Bonchev–Trinajstić information content (AvgIpc) is 3.32. The molecule has 0 spiro atoms. The topological polar surface area (TPSA) is 15.3 Å². The zero-order chi connectivity index (χ0) is 14.7. The SMILES string of the molecule is CN(C)CC(NC1CCCC(C2CC2)C1)c1ccccc1. The van der Waals surface area contributed by atoms with Crippen molar-refractivity contribution in [2.45, 2.75) is 50.6 Å². The van der Waals surface area contributed by atoms with Crippen molar-refractivity contribution in [3.05, 3.63) is 35.9 Å². The Morgan fingerprint density at radius 1 is 1.05 bits per heavy atom. The molecule has 3 atom stereocenters. The molecule has 2 aliphatic rings. The van der Waals surface area contributed by atoms with Crippen LogP contribution in [0.2, 0.25) is 0 Å². The van der Waals surface area contributed by atoms with E-state index in [-0.39, 0.29) is 0 Å². The fourth-order valence-electron chi connectivity index (χ4n) is 3.96. The highest BCUT2D eigenvalue weighted by atomic mass is 15.1. The molecule has 3 unspecified atom stereocenters. The Hall–Kier alpha value is -0.860. The summed E-state index contributed by atoms with van der Waals surface area (Å²) in [5, 5.41) is 3.97. The lowest BCUT2D eigenvalue weighted by Gasteiger charge is -2.34. The van der Waals surface area contributed by atoms with Crippen molar-refractivity contribution in [2.24, 2.45) is 11.8 Å². The summed E-state index contributed by atoms with van der Waals surface area (Å²) < 4.78 is 0. The van der Waals surface area contributed by atoms with Crippen LogP contribution < -0.4 is 5.32 Å². The predicted molar refractivity (Wildman–Crippen MR) is 89.3 cm³/mol. The summed E-state index contributed by atoms with van der Waals surface area (Å²) in [6.07, 6.45) is 8.66. The van der Waals surface area contributed by atoms with E-state index in [9.17, 15) is 0 Å². The van der Waals surface area contributed by atoms with Crippen molar-refractivity contribution in [2.75, 3.05) is 20.6 Å². The highest BCUT2D eigenvalue weighted by molar-refractivity contribution is 5.19. The van der Waals surface area contributed by atoms with Gasteiger partial charge in [-0.05, 0) is 57.2 Å². The molecule has 0 aliphatic heterocycles. The number of likely N-dealkylation sites (N-methyl/N-ethyl adjacent to an activating group) is 1. The van der Waals surface area contributed by atoms with Gasteiger partial charge >= 0.3 is 0 Å². The molecule has 2 fully saturated rings. The van der Waals surface area contributed by atoms with E-state index in [1.165, 1.54) is 44.1 Å². The number of rotatable bonds is 6. The third-order valence-electron chi connectivity index (χ3n) is 5.19. The Bertz CT molecular complexity index is 424. The zero-order valence-electron chi connectivity index (χ0n) is 13.6. The molecular weight excluding hydrogens is 256 g/mol. The second-order valence-corrected chi connectivity index (χ2v) is 7.35. The molecule has 0 amide bonds. The van der Waals surface area contributed by atoms with Crippen LogP contribution in [0, 0.1) is 11.8 Å². The van der Waals surface area contributed by atoms with Crippen LogP contribution in [0.1, 0.15) is 50.1 Å². The standard InChI is InChI=1S/C19H30N2/c1-21(2)14-19(16-7-4-3-5-8-16)20-18-10-6-9-17(13-18)15-11-12-15/h3-5,7-8,15,17-20H,6,9-14H2,1-2H3. The Kier molecular flexibility index (Phi) is 4.97. The molecule has 1 aromatic carbocycles. The lowest BCUT2D eigenvalue weighted by Crippen LogP contribution is -2.40. The van der Waals surface area contributed by atoms with E-state index in [0.717, 1.165) is 24.4 Å². The summed E-state index contributed by atoms with van der Waals surface area (Å²) in [6, 6.07) is 12.1. The van der Waals surface area contributed by atoms with Crippen LogP contribution in [-0.2, 0) is 0 Å². The molecule has 2 nitrogen and oxygen atoms in total.